The second kappa shape index (κ2) is 33.9. The number of imide groups is 1. The number of carbonyl (C=O) groups excluding carboxylic acids is 14. The molecule has 2 aromatic carbocycles. The van der Waals surface area contributed by atoms with Crippen LogP contribution in [0.3, 0.4) is 0 Å². The number of aromatic nitrogens is 1. The average Bonchev–Trinajstić information content (AvgIpc) is 1.77. The molecule has 95 heavy (non-hydrogen) atoms. The van der Waals surface area contributed by atoms with Crippen molar-refractivity contribution < 1.29 is 82.4 Å². The number of hydrogen-bond donors (Lipinski definition) is 13. The molecule has 31 heteroatoms. The molecule has 13 N–H and O–H groups in total. The van der Waals surface area contributed by atoms with E-state index in [1.54, 1.807) is 77.3 Å². The number of likely N-dealkylation sites (tertiary alicyclic amines) is 1. The highest BCUT2D eigenvalue weighted by atomic mass is 32.2. The molecule has 1 aromatic heterocycles. The fourth-order valence-electron chi connectivity index (χ4n) is 11.7. The summed E-state index contributed by atoms with van der Waals surface area (Å²) < 4.78 is 0. The third-order valence-electron chi connectivity index (χ3n) is 17.7. The SMILES string of the molecule is CCC(C)C1NC(=O)CNC(=O)C2Cc3c([nH]c4ccccc34)SCC(NC(=O)CNC1=O)C(=O)NC(CC(=O)NCc1ccc(NC(=O)[C@H](C)CC(=O)C(NC(=O)CCN3C(=O)CC(SC)C3=O)C(C)C)cc1)C(=O)N1CC(O)CC1C(=O)CC(C(C)C(O)CO)C(=O)N2. The van der Waals surface area contributed by atoms with Crippen LogP contribution in [0.25, 0.3) is 10.9 Å². The normalized spacial score (nSPS) is 24.6. The van der Waals surface area contributed by atoms with Crippen molar-refractivity contribution >= 4 is 123 Å². The van der Waals surface area contributed by atoms with Crippen LogP contribution in [-0.2, 0) is 80.1 Å². The zero-order chi connectivity index (χ0) is 69.5. The lowest BCUT2D eigenvalue weighted by Gasteiger charge is -2.32. The summed E-state index contributed by atoms with van der Waals surface area (Å²) in [7, 11) is 0. The highest BCUT2D eigenvalue weighted by Gasteiger charge is 2.46. The number of aromatic amines is 1. The third kappa shape index (κ3) is 19.5. The number of hydrogen-bond acceptors (Lipinski definition) is 19. The minimum absolute atomic E-state index is 0.0523. The molecular formula is C64H86N12O17S2. The lowest BCUT2D eigenvalue weighted by atomic mass is 9.83. The van der Waals surface area contributed by atoms with Crippen molar-refractivity contribution in [1.29, 1.82) is 0 Å². The van der Waals surface area contributed by atoms with E-state index in [9.17, 15) is 77.6 Å². The molecule has 12 unspecified atom stereocenters. The quantitative estimate of drug-likeness (QED) is 0.0593. The van der Waals surface area contributed by atoms with Gasteiger partial charge in [0.25, 0.3) is 0 Å². The first-order chi connectivity index (χ1) is 45.1. The number of fused-ring (bicyclic) bond motifs is 5. The van der Waals surface area contributed by atoms with Crippen LogP contribution in [0, 0.1) is 29.6 Å². The number of para-hydroxylation sites is 1. The number of carbonyl (C=O) groups is 14. The predicted molar refractivity (Wildman–Crippen MR) is 348 cm³/mol. The molecule has 3 aromatic rings. The Bertz CT molecular complexity index is 3400. The van der Waals surface area contributed by atoms with Gasteiger partial charge in [0.2, 0.25) is 70.9 Å². The zero-order valence-corrected chi connectivity index (χ0v) is 55.7. The Kier molecular flexibility index (Phi) is 26.5. The van der Waals surface area contributed by atoms with Gasteiger partial charge in [0, 0.05) is 92.3 Å². The van der Waals surface area contributed by atoms with E-state index in [4.69, 9.17) is 0 Å². The van der Waals surface area contributed by atoms with Gasteiger partial charge in [-0.3, -0.25) is 72.0 Å². The molecule has 0 radical (unpaired) electrons. The molecule has 5 heterocycles. The monoisotopic (exact) mass is 1360 g/mol. The Balaban J connectivity index is 1.13. The van der Waals surface area contributed by atoms with Crippen molar-refractivity contribution in [2.24, 2.45) is 29.6 Å². The number of nitrogens with zero attached hydrogens (tertiary/aromatic N) is 2. The molecule has 7 rings (SSSR count). The Labute approximate surface area is 557 Å². The minimum Gasteiger partial charge on any atom is -0.394 e. The molecule has 0 aliphatic carbocycles. The van der Waals surface area contributed by atoms with Crippen molar-refractivity contribution in [3.63, 3.8) is 0 Å². The molecular weight excluding hydrogens is 1270 g/mol. The van der Waals surface area contributed by atoms with Crippen LogP contribution in [0.5, 0.6) is 0 Å². The van der Waals surface area contributed by atoms with Gasteiger partial charge in [-0.1, -0.05) is 78.3 Å². The summed E-state index contributed by atoms with van der Waals surface area (Å²) in [5.41, 5.74) is 1.80. The van der Waals surface area contributed by atoms with Gasteiger partial charge in [0.1, 0.15) is 24.2 Å². The Morgan fingerprint density at radius 1 is 0.779 bits per heavy atom. The Hall–Kier alpha value is -8.26. The first-order valence-corrected chi connectivity index (χ1v) is 34.0. The number of Topliss-reactive ketones (excluding diaryl/α,β-unsaturated/α-hetero) is 2. The van der Waals surface area contributed by atoms with E-state index in [0.717, 1.165) is 21.6 Å². The van der Waals surface area contributed by atoms with Gasteiger partial charge in [-0.15, -0.1) is 11.8 Å². The second-order valence-electron chi connectivity index (χ2n) is 25.0. The van der Waals surface area contributed by atoms with Gasteiger partial charge in [-0.2, -0.15) is 11.8 Å². The van der Waals surface area contributed by atoms with Crippen LogP contribution in [0.15, 0.2) is 53.6 Å². The fraction of sp³-hybridized carbons (Fsp3) is 0.562. The van der Waals surface area contributed by atoms with E-state index in [2.05, 4.69) is 52.8 Å². The molecule has 0 spiro atoms. The summed E-state index contributed by atoms with van der Waals surface area (Å²) in [6.45, 7) is 6.84. The van der Waals surface area contributed by atoms with E-state index in [-0.39, 0.29) is 68.7 Å². The summed E-state index contributed by atoms with van der Waals surface area (Å²) >= 11 is 2.26. The van der Waals surface area contributed by atoms with Crippen LogP contribution in [-0.4, -0.2) is 211 Å². The number of anilines is 1. The van der Waals surface area contributed by atoms with Crippen molar-refractivity contribution in [2.75, 3.05) is 50.1 Å². The Morgan fingerprint density at radius 2 is 1.46 bits per heavy atom. The van der Waals surface area contributed by atoms with Gasteiger partial charge in [0.05, 0.1) is 60.7 Å². The summed E-state index contributed by atoms with van der Waals surface area (Å²) in [6.07, 6.45) is -3.37. The maximum atomic E-state index is 15.1. The maximum Gasteiger partial charge on any atom is 0.246 e. The largest absolute Gasteiger partial charge is 0.394 e. The molecule has 2 fully saturated rings. The smallest absolute Gasteiger partial charge is 0.246 e. The highest BCUT2D eigenvalue weighted by molar-refractivity contribution is 8.00. The van der Waals surface area contributed by atoms with Crippen LogP contribution in [0.4, 0.5) is 5.69 Å². The summed E-state index contributed by atoms with van der Waals surface area (Å²) in [5.74, 6) is -14.8. The van der Waals surface area contributed by atoms with Crippen molar-refractivity contribution in [3.05, 3.63) is 59.7 Å². The maximum absolute atomic E-state index is 15.1. The van der Waals surface area contributed by atoms with E-state index < -0.39 is 187 Å². The van der Waals surface area contributed by atoms with Crippen molar-refractivity contribution in [2.45, 2.75) is 158 Å². The zero-order valence-electron chi connectivity index (χ0n) is 54.1. The van der Waals surface area contributed by atoms with E-state index >= 15 is 4.79 Å². The van der Waals surface area contributed by atoms with Crippen LogP contribution < -0.4 is 47.9 Å². The topological polar surface area (TPSA) is 430 Å². The second-order valence-corrected chi connectivity index (χ2v) is 27.0. The van der Waals surface area contributed by atoms with Gasteiger partial charge < -0.3 is 73.1 Å². The molecule has 29 nitrogen and oxygen atoms in total. The van der Waals surface area contributed by atoms with Crippen molar-refractivity contribution in [3.8, 4) is 0 Å². The molecule has 12 amide bonds. The average molecular weight is 1360 g/mol. The van der Waals surface area contributed by atoms with Crippen LogP contribution in [0.2, 0.25) is 0 Å². The molecule has 4 aliphatic rings. The van der Waals surface area contributed by atoms with E-state index in [1.807, 2.05) is 0 Å². The number of thioether (sulfide) groups is 2. The number of H-pyrrole nitrogens is 1. The van der Waals surface area contributed by atoms with Gasteiger partial charge >= 0.3 is 0 Å². The summed E-state index contributed by atoms with van der Waals surface area (Å²) in [4.78, 5) is 199. The van der Waals surface area contributed by atoms with E-state index in [0.29, 0.717) is 39.2 Å². The minimum atomic E-state index is -1.81. The Morgan fingerprint density at radius 3 is 2.13 bits per heavy atom. The van der Waals surface area contributed by atoms with Crippen molar-refractivity contribution in [1.82, 2.24) is 57.3 Å². The molecule has 4 aliphatic heterocycles. The molecule has 2 saturated heterocycles. The number of amides is 12. The van der Waals surface area contributed by atoms with Crippen LogP contribution in [0.1, 0.15) is 97.6 Å². The summed E-state index contributed by atoms with van der Waals surface area (Å²) in [5, 5.41) is 56.5. The number of nitrogens with one attached hydrogen (secondary N) is 10. The lowest BCUT2D eigenvalue weighted by Crippen LogP contribution is -2.59. The number of aliphatic hydroxyl groups excluding tert-OH is 3. The highest BCUT2D eigenvalue weighted by Crippen LogP contribution is 2.33. The molecule has 13 atom stereocenters. The molecule has 0 saturated carbocycles. The predicted octanol–water partition coefficient (Wildman–Crippen LogP) is -1.16. The van der Waals surface area contributed by atoms with Gasteiger partial charge in [-0.25, -0.2) is 0 Å². The molecule has 2 bridgehead atoms. The summed E-state index contributed by atoms with van der Waals surface area (Å²) in [6, 6.07) is 4.60. The number of aliphatic hydroxyl groups is 3. The third-order valence-corrected chi connectivity index (χ3v) is 19.8. The number of rotatable bonds is 20. The van der Waals surface area contributed by atoms with Crippen LogP contribution >= 0.6 is 23.5 Å². The van der Waals surface area contributed by atoms with E-state index in [1.165, 1.54) is 30.8 Å². The fourth-order valence-corrected chi connectivity index (χ4v) is 13.5. The molecule has 516 valence electrons. The lowest BCUT2D eigenvalue weighted by molar-refractivity contribution is -0.144. The first kappa shape index (κ1) is 74.1. The van der Waals surface area contributed by atoms with Gasteiger partial charge in [0.15, 0.2) is 11.6 Å². The van der Waals surface area contributed by atoms with Gasteiger partial charge in [-0.05, 0) is 53.3 Å². The first-order valence-electron chi connectivity index (χ1n) is 31.7. The number of ketones is 2. The standard InChI is InChI=1S/C64H86N12O17S2/c1-8-32(4)56-61(91)67-26-52(84)69-44-30-95-62-40(38-11-9-10-12-41(38)72-62)21-42(59(89)66-27-53(85)74-56)70-58(88)39(34(6)48(81)29-77)22-46(79)45-20-37(78)28-76(45)63(92)43(71-60(44)90)23-51(83)65-25-35-13-15-36(16-14-35)68-57(87)33(5)19-47(80)55(31(2)3)73-50(82)17-18-75-54(86)24-49(94-7)64(75)93/h9-16,31-34,37,39,42-45,48-49,55-56,72,77-78,81H,8,17-30H2,1-7H3,(H,65,83)(H,66,89)(H,67,91)(H,68,87)(H,69,84)(H,70,88)(H,71,90)(H,73,82)(H,74,85)/t32?,33-,34?,37?,39?,42?,43?,44?,45?,48?,49?,55?,56?/m1/s1. The number of benzene rings is 2.